The van der Waals surface area contributed by atoms with E-state index in [4.69, 9.17) is 50.8 Å². The molecule has 0 N–H and O–H groups in total. The average Bonchev–Trinajstić information content (AvgIpc) is 3.38. The first kappa shape index (κ1) is 62.9. The smallest absolute Gasteiger partial charge is 0.497 e. The Morgan fingerprint density at radius 2 is 0.762 bits per heavy atom. The number of Topliss-reactive ketones (excluding diaryl/α,β-unsaturated/α-hetero) is 2. The highest BCUT2D eigenvalue weighted by molar-refractivity contribution is 7.99. The average molecular weight is 1150 g/mol. The van der Waals surface area contributed by atoms with E-state index in [0.29, 0.717) is 80.3 Å². The Morgan fingerprint density at radius 3 is 1.14 bits per heavy atom. The molecule has 0 aliphatic rings. The van der Waals surface area contributed by atoms with Crippen molar-refractivity contribution in [3.8, 4) is 63.2 Å². The fraction of sp³-hybridized carbons (Fsp3) is 0.406. The number of hydrogen-bond acceptors (Lipinski definition) is 14. The van der Waals surface area contributed by atoms with E-state index in [2.05, 4.69) is 93.5 Å². The molecule has 1 atom stereocenters. The molecule has 0 aliphatic heterocycles. The highest BCUT2D eigenvalue weighted by atomic mass is 32.2. The second kappa shape index (κ2) is 27.0. The fourth-order valence-corrected chi connectivity index (χ4v) is 12.9. The minimum atomic E-state index is -2.48. The Labute approximate surface area is 481 Å². The molecule has 6 rings (SSSR count). The summed E-state index contributed by atoms with van der Waals surface area (Å²) in [5.41, 5.74) is 2.96. The van der Waals surface area contributed by atoms with Gasteiger partial charge in [-0.25, -0.2) is 0 Å². The van der Waals surface area contributed by atoms with Crippen LogP contribution in [0.4, 0.5) is 0 Å². The quantitative estimate of drug-likeness (QED) is 0.0357. The molecular formula is C64H80O13P2S. The molecule has 80 heavy (non-hydrogen) atoms. The number of methoxy groups -OCH3 is 3. The van der Waals surface area contributed by atoms with Gasteiger partial charge in [-0.3, -0.25) is 9.59 Å². The summed E-state index contributed by atoms with van der Waals surface area (Å²) in [4.78, 5) is 27.7. The van der Waals surface area contributed by atoms with E-state index in [0.717, 1.165) is 29.5 Å². The third-order valence-electron chi connectivity index (χ3n) is 12.6. The third kappa shape index (κ3) is 17.3. The second-order valence-electron chi connectivity index (χ2n) is 23.1. The zero-order chi connectivity index (χ0) is 58.7. The van der Waals surface area contributed by atoms with Gasteiger partial charge in [0.15, 0.2) is 34.6 Å². The lowest BCUT2D eigenvalue weighted by Gasteiger charge is -2.34. The van der Waals surface area contributed by atoms with Gasteiger partial charge in [-0.1, -0.05) is 99.2 Å². The van der Waals surface area contributed by atoms with Crippen LogP contribution in [0.3, 0.4) is 0 Å². The Hall–Kier alpha value is -6.33. The minimum absolute atomic E-state index is 0.0122. The van der Waals surface area contributed by atoms with E-state index >= 15 is 0 Å². The van der Waals surface area contributed by atoms with Crippen LogP contribution in [0.2, 0.25) is 0 Å². The Balaban J connectivity index is 1.60. The third-order valence-corrected chi connectivity index (χ3v) is 15.8. The minimum Gasteiger partial charge on any atom is -0.497 e. The van der Waals surface area contributed by atoms with Gasteiger partial charge < -0.3 is 50.8 Å². The van der Waals surface area contributed by atoms with Crippen LogP contribution in [0.15, 0.2) is 119 Å². The van der Waals surface area contributed by atoms with E-state index in [1.165, 1.54) is 32.7 Å². The van der Waals surface area contributed by atoms with Crippen LogP contribution < -0.4 is 50.8 Å². The predicted molar refractivity (Wildman–Crippen MR) is 321 cm³/mol. The maximum Gasteiger partial charge on any atom is 0.530 e. The zero-order valence-corrected chi connectivity index (χ0v) is 52.4. The summed E-state index contributed by atoms with van der Waals surface area (Å²) in [5, 5.41) is 0. The summed E-state index contributed by atoms with van der Waals surface area (Å²) in [6, 6.07) is 33.2. The van der Waals surface area contributed by atoms with E-state index in [9.17, 15) is 9.59 Å². The maximum absolute atomic E-state index is 13.2. The monoisotopic (exact) mass is 1150 g/mol. The Bertz CT molecular complexity index is 3050. The van der Waals surface area contributed by atoms with Crippen molar-refractivity contribution in [1.82, 2.24) is 0 Å². The second-order valence-corrected chi connectivity index (χ2v) is 26.2. The van der Waals surface area contributed by atoms with Crippen molar-refractivity contribution >= 4 is 40.5 Å². The van der Waals surface area contributed by atoms with Crippen molar-refractivity contribution in [2.75, 3.05) is 34.5 Å². The molecule has 6 aromatic rings. The van der Waals surface area contributed by atoms with Gasteiger partial charge in [0, 0.05) is 18.2 Å². The standard InChI is InChI=1S/C64H80O13P2S/c1-19-70-51-31-25-47(68-17)37-57(51)76-79(77-58-38-48(69-18)26-32-52(58)71-20-2)73-54-30-23-45(64(14,15)40-62(9,10)11)35-60(54)80-59-34-44(63(12,13)39-61(6,7)8)22-29-53(59)72-78(74-55-33-41(3)21-27-49(55)42(4)65)75-56-36-46(67-16)24-28-50(56)43(5)66/h21-38H,19-20,39-40H2,1-18H3. The van der Waals surface area contributed by atoms with Crippen molar-refractivity contribution in [2.45, 2.75) is 137 Å². The van der Waals surface area contributed by atoms with Crippen LogP contribution in [0, 0.1) is 17.8 Å². The van der Waals surface area contributed by atoms with Gasteiger partial charge in [-0.05, 0) is 159 Å². The molecular weight excluding hydrogens is 1070 g/mol. The summed E-state index contributed by atoms with van der Waals surface area (Å²) in [6.45, 7) is 31.8. The first-order valence-electron chi connectivity index (χ1n) is 26.7. The van der Waals surface area contributed by atoms with Crippen LogP contribution in [0.25, 0.3) is 0 Å². The SMILES string of the molecule is CCOc1ccc(OC)cc1OP(Oc1cc(OC)ccc1OCC)Oc1ccc(C(C)(C)CC(C)(C)C)cc1Sc1cc(C(C)(C)CC(C)(C)C)ccc1OP(Oc1cc(C)ccc1C(C)=O)Oc1cc(OC)ccc1C(C)=O. The van der Waals surface area contributed by atoms with Crippen LogP contribution in [0.1, 0.15) is 147 Å². The molecule has 0 amide bonds. The summed E-state index contributed by atoms with van der Waals surface area (Å²) >= 11 is 1.44. The lowest BCUT2D eigenvalue weighted by molar-refractivity contribution is 0.100. The molecule has 0 aliphatic carbocycles. The lowest BCUT2D eigenvalue weighted by atomic mass is 9.72. The number of rotatable bonds is 27. The first-order valence-corrected chi connectivity index (χ1v) is 29.7. The molecule has 430 valence electrons. The van der Waals surface area contributed by atoms with Gasteiger partial charge in [-0.15, -0.1) is 0 Å². The molecule has 0 fully saturated rings. The highest BCUT2D eigenvalue weighted by Crippen LogP contribution is 2.54. The number of hydrogen-bond donors (Lipinski definition) is 0. The fourth-order valence-electron chi connectivity index (χ4n) is 9.65. The van der Waals surface area contributed by atoms with E-state index in [-0.39, 0.29) is 50.3 Å². The van der Waals surface area contributed by atoms with E-state index < -0.39 is 17.2 Å². The van der Waals surface area contributed by atoms with Crippen molar-refractivity contribution in [3.05, 3.63) is 137 Å². The molecule has 16 heteroatoms. The van der Waals surface area contributed by atoms with Crippen molar-refractivity contribution < 1.29 is 60.4 Å². The van der Waals surface area contributed by atoms with Gasteiger partial charge in [0.2, 0.25) is 0 Å². The Morgan fingerprint density at radius 1 is 0.425 bits per heavy atom. The molecule has 0 saturated carbocycles. The number of ether oxygens (including phenoxy) is 5. The van der Waals surface area contributed by atoms with Crippen LogP contribution in [-0.4, -0.2) is 46.1 Å². The molecule has 13 nitrogen and oxygen atoms in total. The predicted octanol–water partition coefficient (Wildman–Crippen LogP) is 18.3. The van der Waals surface area contributed by atoms with Crippen molar-refractivity contribution in [3.63, 3.8) is 0 Å². The number of carbonyl (C=O) groups is 2. The molecule has 0 aromatic heterocycles. The van der Waals surface area contributed by atoms with Gasteiger partial charge in [0.25, 0.3) is 0 Å². The summed E-state index contributed by atoms with van der Waals surface area (Å²) in [7, 11) is -0.168. The van der Waals surface area contributed by atoms with Gasteiger partial charge in [0.1, 0.15) is 40.2 Å². The van der Waals surface area contributed by atoms with E-state index in [1.54, 1.807) is 80.9 Å². The number of aryl methyl sites for hydroxylation is 1. The largest absolute Gasteiger partial charge is 0.530 e. The molecule has 0 heterocycles. The van der Waals surface area contributed by atoms with Crippen LogP contribution >= 0.6 is 29.0 Å². The summed E-state index contributed by atoms with van der Waals surface area (Å²) < 4.78 is 70.2. The zero-order valence-electron chi connectivity index (χ0n) is 49.8. The van der Waals surface area contributed by atoms with Crippen LogP contribution in [0.5, 0.6) is 63.2 Å². The van der Waals surface area contributed by atoms with Gasteiger partial charge >= 0.3 is 17.2 Å². The van der Waals surface area contributed by atoms with E-state index in [1.807, 2.05) is 39.0 Å². The van der Waals surface area contributed by atoms with Crippen molar-refractivity contribution in [1.29, 1.82) is 0 Å². The van der Waals surface area contributed by atoms with Gasteiger partial charge in [0.05, 0.1) is 55.5 Å². The van der Waals surface area contributed by atoms with Crippen LogP contribution in [-0.2, 0) is 10.8 Å². The highest BCUT2D eigenvalue weighted by Gasteiger charge is 2.34. The molecule has 1 unspecified atom stereocenters. The lowest BCUT2D eigenvalue weighted by Crippen LogP contribution is -2.25. The number of benzene rings is 6. The van der Waals surface area contributed by atoms with Gasteiger partial charge in [-0.2, -0.15) is 0 Å². The summed E-state index contributed by atoms with van der Waals surface area (Å²) in [5.74, 6) is 3.94. The normalized spacial score (nSPS) is 12.3. The van der Waals surface area contributed by atoms with Crippen molar-refractivity contribution in [2.24, 2.45) is 10.8 Å². The molecule has 6 aromatic carbocycles. The first-order chi connectivity index (χ1) is 37.6. The number of ketones is 2. The summed E-state index contributed by atoms with van der Waals surface area (Å²) in [6.07, 6.45) is 1.73. The number of carbonyl (C=O) groups excluding carboxylic acids is 2. The molecule has 0 spiro atoms. The topological polar surface area (TPSA) is 136 Å². The maximum atomic E-state index is 13.2. The molecule has 0 radical (unpaired) electrons. The molecule has 0 saturated heterocycles. The molecule has 0 bridgehead atoms. The Kier molecular flexibility index (Phi) is 21.2.